The fraction of sp³-hybridized carbons (Fsp3) is 0.500. The van der Waals surface area contributed by atoms with Crippen molar-refractivity contribution in [3.63, 3.8) is 0 Å². The predicted molar refractivity (Wildman–Crippen MR) is 75.5 cm³/mol. The number of rotatable bonds is 2. The van der Waals surface area contributed by atoms with Gasteiger partial charge in [-0.2, -0.15) is 0 Å². The second-order valence-electron chi connectivity index (χ2n) is 5.57. The first-order valence-electron chi connectivity index (χ1n) is 6.16. The number of nitrogens with zero attached hydrogens (tertiary/aromatic N) is 2. The Labute approximate surface area is 117 Å². The molecule has 0 aliphatic carbocycles. The normalized spacial score (nSPS) is 13.8. The highest BCUT2D eigenvalue weighted by atomic mass is 35.5. The molecule has 0 radical (unpaired) electrons. The molecule has 0 aliphatic heterocycles. The Morgan fingerprint density at radius 3 is 2.47 bits per heavy atom. The van der Waals surface area contributed by atoms with Gasteiger partial charge in [-0.3, -0.25) is 0 Å². The minimum Gasteiger partial charge on any atom is -0.494 e. The molecule has 1 atom stereocenters. The van der Waals surface area contributed by atoms with E-state index in [-0.39, 0.29) is 16.7 Å². The van der Waals surface area contributed by atoms with Gasteiger partial charge >= 0.3 is 0 Å². The molecule has 104 valence electrons. The van der Waals surface area contributed by atoms with E-state index in [1.165, 1.54) is 13.2 Å². The summed E-state index contributed by atoms with van der Waals surface area (Å²) in [7, 11) is 1.45. The third kappa shape index (κ3) is 2.41. The van der Waals surface area contributed by atoms with E-state index in [9.17, 15) is 4.39 Å². The lowest BCUT2D eigenvalue weighted by molar-refractivity contribution is 0.382. The Balaban J connectivity index is 2.84. The van der Waals surface area contributed by atoms with Gasteiger partial charge in [-0.25, -0.2) is 9.37 Å². The molecule has 2 aromatic rings. The zero-order valence-electron chi connectivity index (χ0n) is 11.8. The lowest BCUT2D eigenvalue weighted by Crippen LogP contribution is -2.24. The number of hydrogen-bond donors (Lipinski definition) is 0. The highest BCUT2D eigenvalue weighted by Gasteiger charge is 2.24. The van der Waals surface area contributed by atoms with Gasteiger partial charge in [-0.1, -0.05) is 0 Å². The van der Waals surface area contributed by atoms with Crippen molar-refractivity contribution in [1.29, 1.82) is 0 Å². The van der Waals surface area contributed by atoms with Crippen molar-refractivity contribution in [2.24, 2.45) is 0 Å². The SMILES string of the molecule is COc1cc2c(cc1F)nc(C(C)Cl)n2C(C)(C)C. The Hall–Kier alpha value is -1.29. The van der Waals surface area contributed by atoms with Crippen molar-refractivity contribution in [2.45, 2.75) is 38.6 Å². The van der Waals surface area contributed by atoms with E-state index in [2.05, 4.69) is 25.8 Å². The van der Waals surface area contributed by atoms with Crippen molar-refractivity contribution >= 4 is 22.6 Å². The van der Waals surface area contributed by atoms with Gasteiger partial charge in [0.25, 0.3) is 0 Å². The molecular weight excluding hydrogens is 267 g/mol. The molecule has 0 N–H and O–H groups in total. The van der Waals surface area contributed by atoms with E-state index >= 15 is 0 Å². The van der Waals surface area contributed by atoms with Crippen LogP contribution in [0.1, 0.15) is 38.9 Å². The molecule has 0 aliphatic rings. The Bertz CT molecular complexity index is 614. The maximum atomic E-state index is 13.8. The summed E-state index contributed by atoms with van der Waals surface area (Å²) in [6, 6.07) is 3.06. The summed E-state index contributed by atoms with van der Waals surface area (Å²) in [5, 5.41) is -0.249. The molecule has 0 amide bonds. The quantitative estimate of drug-likeness (QED) is 0.771. The molecule has 3 nitrogen and oxygen atoms in total. The zero-order valence-corrected chi connectivity index (χ0v) is 12.5. The van der Waals surface area contributed by atoms with E-state index in [0.717, 1.165) is 11.3 Å². The Morgan fingerprint density at radius 2 is 2.00 bits per heavy atom. The van der Waals surface area contributed by atoms with Gasteiger partial charge in [0.05, 0.1) is 23.5 Å². The summed E-state index contributed by atoms with van der Waals surface area (Å²) >= 11 is 6.19. The minimum atomic E-state index is -0.415. The predicted octanol–water partition coefficient (Wildman–Crippen LogP) is 4.24. The number of aromatic nitrogens is 2. The number of methoxy groups -OCH3 is 1. The number of alkyl halides is 1. The molecule has 1 unspecified atom stereocenters. The summed E-state index contributed by atoms with van der Waals surface area (Å²) in [6.07, 6.45) is 0. The Kier molecular flexibility index (Phi) is 3.47. The molecule has 1 aromatic heterocycles. The summed E-state index contributed by atoms with van der Waals surface area (Å²) < 4.78 is 20.8. The summed E-state index contributed by atoms with van der Waals surface area (Å²) in [5.74, 6) is 0.533. The van der Waals surface area contributed by atoms with Gasteiger partial charge in [0.15, 0.2) is 11.6 Å². The smallest absolute Gasteiger partial charge is 0.167 e. The number of benzene rings is 1. The van der Waals surface area contributed by atoms with Crippen LogP contribution in [-0.4, -0.2) is 16.7 Å². The molecule has 1 aromatic carbocycles. The first kappa shape index (κ1) is 14.1. The Morgan fingerprint density at radius 1 is 1.37 bits per heavy atom. The molecule has 2 rings (SSSR count). The van der Waals surface area contributed by atoms with Gasteiger partial charge in [-0.05, 0) is 27.7 Å². The van der Waals surface area contributed by atoms with Crippen molar-refractivity contribution in [3.05, 3.63) is 23.8 Å². The standard InChI is InChI=1S/C14H18ClFN2O/c1-8(15)13-17-10-6-9(16)12(19-5)7-11(10)18(13)14(2,3)4/h6-8H,1-5H3. The number of fused-ring (bicyclic) bond motifs is 1. The highest BCUT2D eigenvalue weighted by Crippen LogP contribution is 2.33. The third-order valence-electron chi connectivity index (χ3n) is 2.98. The molecule has 0 spiro atoms. The monoisotopic (exact) mass is 284 g/mol. The van der Waals surface area contributed by atoms with Gasteiger partial charge in [0, 0.05) is 17.7 Å². The lowest BCUT2D eigenvalue weighted by Gasteiger charge is -2.25. The third-order valence-corrected chi connectivity index (χ3v) is 3.18. The molecular formula is C14H18ClFN2O. The van der Waals surface area contributed by atoms with Crippen LogP contribution >= 0.6 is 11.6 Å². The van der Waals surface area contributed by atoms with Gasteiger partial charge < -0.3 is 9.30 Å². The van der Waals surface area contributed by atoms with Gasteiger partial charge in [0.2, 0.25) is 0 Å². The van der Waals surface area contributed by atoms with Crippen molar-refractivity contribution in [3.8, 4) is 5.75 Å². The summed E-state index contributed by atoms with van der Waals surface area (Å²) in [6.45, 7) is 8.05. The zero-order chi connectivity index (χ0) is 14.4. The first-order valence-corrected chi connectivity index (χ1v) is 6.59. The second kappa shape index (κ2) is 4.67. The summed E-state index contributed by atoms with van der Waals surface area (Å²) in [4.78, 5) is 4.45. The minimum absolute atomic E-state index is 0.198. The van der Waals surface area contributed by atoms with Crippen LogP contribution < -0.4 is 4.74 Å². The van der Waals surface area contributed by atoms with Crippen molar-refractivity contribution < 1.29 is 9.13 Å². The maximum Gasteiger partial charge on any atom is 0.167 e. The molecule has 1 heterocycles. The first-order chi connectivity index (χ1) is 8.75. The van der Waals surface area contributed by atoms with E-state index in [0.29, 0.717) is 5.52 Å². The van der Waals surface area contributed by atoms with Crippen molar-refractivity contribution in [1.82, 2.24) is 9.55 Å². The second-order valence-corrected chi connectivity index (χ2v) is 6.22. The largest absolute Gasteiger partial charge is 0.494 e. The van der Waals surface area contributed by atoms with Crippen LogP contribution in [0, 0.1) is 5.82 Å². The summed E-state index contributed by atoms with van der Waals surface area (Å²) in [5.41, 5.74) is 1.22. The van der Waals surface area contributed by atoms with Crippen LogP contribution in [0.15, 0.2) is 12.1 Å². The molecule has 5 heteroatoms. The van der Waals surface area contributed by atoms with Crippen LogP contribution in [0.5, 0.6) is 5.75 Å². The van der Waals surface area contributed by atoms with E-state index in [1.54, 1.807) is 6.07 Å². The number of imidazole rings is 1. The van der Waals surface area contributed by atoms with Crippen LogP contribution in [0.4, 0.5) is 4.39 Å². The molecule has 0 bridgehead atoms. The van der Waals surface area contributed by atoms with Crippen LogP contribution in [-0.2, 0) is 5.54 Å². The van der Waals surface area contributed by atoms with Gasteiger partial charge in [-0.15, -0.1) is 11.6 Å². The maximum absolute atomic E-state index is 13.8. The molecule has 0 fully saturated rings. The average molecular weight is 285 g/mol. The number of hydrogen-bond acceptors (Lipinski definition) is 2. The molecule has 19 heavy (non-hydrogen) atoms. The number of ether oxygens (including phenoxy) is 1. The van der Waals surface area contributed by atoms with E-state index < -0.39 is 5.82 Å². The highest BCUT2D eigenvalue weighted by molar-refractivity contribution is 6.20. The number of halogens is 2. The molecule has 0 saturated carbocycles. The van der Waals surface area contributed by atoms with E-state index in [4.69, 9.17) is 16.3 Å². The van der Waals surface area contributed by atoms with E-state index in [1.807, 2.05) is 11.5 Å². The van der Waals surface area contributed by atoms with Gasteiger partial charge in [0.1, 0.15) is 5.82 Å². The lowest BCUT2D eigenvalue weighted by atomic mass is 10.1. The fourth-order valence-electron chi connectivity index (χ4n) is 2.23. The molecule has 0 saturated heterocycles. The van der Waals surface area contributed by atoms with Crippen LogP contribution in [0.25, 0.3) is 11.0 Å². The van der Waals surface area contributed by atoms with Crippen molar-refractivity contribution in [2.75, 3.05) is 7.11 Å². The fourth-order valence-corrected chi connectivity index (χ4v) is 2.37. The average Bonchev–Trinajstić information content (AvgIpc) is 2.65. The van der Waals surface area contributed by atoms with Crippen LogP contribution in [0.2, 0.25) is 0 Å². The topological polar surface area (TPSA) is 27.1 Å². The van der Waals surface area contributed by atoms with Crippen LogP contribution in [0.3, 0.4) is 0 Å².